The highest BCUT2D eigenvalue weighted by Gasteiger charge is 2.21. The van der Waals surface area contributed by atoms with E-state index in [0.717, 1.165) is 31.2 Å². The van der Waals surface area contributed by atoms with E-state index < -0.39 is 24.5 Å². The molecule has 7 heteroatoms. The van der Waals surface area contributed by atoms with Crippen LogP contribution in [0.5, 0.6) is 0 Å². The Kier molecular flexibility index (Phi) is 4.16. The molecule has 19 heavy (non-hydrogen) atoms. The Bertz CT molecular complexity index is 524. The van der Waals surface area contributed by atoms with E-state index in [9.17, 15) is 14.4 Å². The number of aryl methyl sites for hydroxylation is 1. The van der Waals surface area contributed by atoms with Gasteiger partial charge in [-0.05, 0) is 31.2 Å². The van der Waals surface area contributed by atoms with Gasteiger partial charge < -0.3 is 10.5 Å². The summed E-state index contributed by atoms with van der Waals surface area (Å²) in [6.45, 7) is -0.508. The predicted octanol–water partition coefficient (Wildman–Crippen LogP) is 0.979. The van der Waals surface area contributed by atoms with Crippen LogP contribution in [0.15, 0.2) is 5.38 Å². The van der Waals surface area contributed by atoms with E-state index in [1.54, 1.807) is 16.7 Å². The van der Waals surface area contributed by atoms with E-state index in [-0.39, 0.29) is 0 Å². The molecule has 0 unspecified atom stereocenters. The van der Waals surface area contributed by atoms with Crippen molar-refractivity contribution in [3.63, 3.8) is 0 Å². The topological polar surface area (TPSA) is 98.5 Å². The number of hydrogen-bond donors (Lipinski definition) is 2. The van der Waals surface area contributed by atoms with E-state index in [1.807, 2.05) is 5.32 Å². The van der Waals surface area contributed by atoms with Crippen molar-refractivity contribution < 1.29 is 19.1 Å². The summed E-state index contributed by atoms with van der Waals surface area (Å²) in [5, 5.41) is 3.60. The lowest BCUT2D eigenvalue weighted by atomic mass is 9.96. The lowest BCUT2D eigenvalue weighted by molar-refractivity contribution is -0.123. The van der Waals surface area contributed by atoms with Gasteiger partial charge in [0.05, 0.1) is 5.56 Å². The lowest BCUT2D eigenvalue weighted by Gasteiger charge is -2.12. The third kappa shape index (κ3) is 3.31. The zero-order valence-corrected chi connectivity index (χ0v) is 11.0. The van der Waals surface area contributed by atoms with Gasteiger partial charge in [0.2, 0.25) is 0 Å². The van der Waals surface area contributed by atoms with Crippen molar-refractivity contribution >= 4 is 29.2 Å². The van der Waals surface area contributed by atoms with Crippen LogP contribution in [0.25, 0.3) is 0 Å². The van der Waals surface area contributed by atoms with Gasteiger partial charge in [0.15, 0.2) is 6.61 Å². The number of ether oxygens (including phenoxy) is 1. The molecular weight excluding hydrogens is 268 g/mol. The maximum Gasteiger partial charge on any atom is 0.339 e. The van der Waals surface area contributed by atoms with Crippen LogP contribution in [0, 0.1) is 0 Å². The van der Waals surface area contributed by atoms with Gasteiger partial charge in [0, 0.05) is 10.3 Å². The normalized spacial score (nSPS) is 13.5. The molecule has 2 rings (SSSR count). The maximum atomic E-state index is 11.9. The predicted molar refractivity (Wildman–Crippen MR) is 69.0 cm³/mol. The van der Waals surface area contributed by atoms with Gasteiger partial charge in [-0.15, -0.1) is 11.3 Å². The summed E-state index contributed by atoms with van der Waals surface area (Å²) in [6, 6.07) is -0.964. The van der Waals surface area contributed by atoms with E-state index in [2.05, 4.69) is 0 Å². The Hall–Kier alpha value is -1.89. The SMILES string of the molecule is NC(=O)NC(=O)COC(=O)c1csc2c1CCCC2. The zero-order valence-electron chi connectivity index (χ0n) is 10.2. The second-order valence-corrected chi connectivity index (χ2v) is 5.21. The molecule has 0 atom stereocenters. The quantitative estimate of drug-likeness (QED) is 0.807. The van der Waals surface area contributed by atoms with Crippen LogP contribution in [0.2, 0.25) is 0 Å². The lowest BCUT2D eigenvalue weighted by Crippen LogP contribution is -2.37. The van der Waals surface area contributed by atoms with Crippen molar-refractivity contribution in [3.05, 3.63) is 21.4 Å². The van der Waals surface area contributed by atoms with Gasteiger partial charge in [-0.25, -0.2) is 9.59 Å². The monoisotopic (exact) mass is 282 g/mol. The fourth-order valence-electron chi connectivity index (χ4n) is 2.05. The number of carbonyl (C=O) groups is 3. The van der Waals surface area contributed by atoms with Gasteiger partial charge in [0.1, 0.15) is 0 Å². The number of primary amides is 1. The molecule has 3 N–H and O–H groups in total. The number of rotatable bonds is 3. The minimum absolute atomic E-state index is 0.508. The Morgan fingerprint density at radius 1 is 1.32 bits per heavy atom. The summed E-state index contributed by atoms with van der Waals surface area (Å²) < 4.78 is 4.86. The average molecular weight is 282 g/mol. The van der Waals surface area contributed by atoms with Crippen LogP contribution in [0.1, 0.15) is 33.6 Å². The summed E-state index contributed by atoms with van der Waals surface area (Å²) in [6.07, 6.45) is 4.07. The van der Waals surface area contributed by atoms with Gasteiger partial charge in [0.25, 0.3) is 5.91 Å². The fourth-order valence-corrected chi connectivity index (χ4v) is 3.16. The molecule has 6 nitrogen and oxygen atoms in total. The molecule has 0 saturated heterocycles. The van der Waals surface area contributed by atoms with E-state index >= 15 is 0 Å². The first-order valence-corrected chi connectivity index (χ1v) is 6.81. The second kappa shape index (κ2) is 5.83. The van der Waals surface area contributed by atoms with E-state index in [0.29, 0.717) is 5.56 Å². The van der Waals surface area contributed by atoms with Crippen molar-refractivity contribution in [2.45, 2.75) is 25.7 Å². The molecule has 1 aromatic heterocycles. The molecule has 3 amide bonds. The number of esters is 1. The standard InChI is InChI=1S/C12H14N2O4S/c13-12(17)14-10(15)5-18-11(16)8-6-19-9-4-2-1-3-7(8)9/h6H,1-5H2,(H3,13,14,15,17). The Morgan fingerprint density at radius 2 is 2.05 bits per heavy atom. The molecule has 0 radical (unpaired) electrons. The van der Waals surface area contributed by atoms with Crippen LogP contribution >= 0.6 is 11.3 Å². The summed E-state index contributed by atoms with van der Waals surface area (Å²) in [7, 11) is 0. The summed E-state index contributed by atoms with van der Waals surface area (Å²) >= 11 is 1.55. The molecule has 0 spiro atoms. The number of nitrogens with two attached hydrogens (primary N) is 1. The number of hydrogen-bond acceptors (Lipinski definition) is 5. The van der Waals surface area contributed by atoms with Crippen molar-refractivity contribution in [1.82, 2.24) is 5.32 Å². The largest absolute Gasteiger partial charge is 0.452 e. The third-order valence-electron chi connectivity index (χ3n) is 2.88. The Morgan fingerprint density at radius 3 is 2.79 bits per heavy atom. The molecular formula is C12H14N2O4S. The summed E-state index contributed by atoms with van der Waals surface area (Å²) in [4.78, 5) is 34.6. The number of carbonyl (C=O) groups excluding carboxylic acids is 3. The zero-order chi connectivity index (χ0) is 13.8. The number of thiophene rings is 1. The number of amides is 3. The van der Waals surface area contributed by atoms with Crippen molar-refractivity contribution in [3.8, 4) is 0 Å². The smallest absolute Gasteiger partial charge is 0.339 e. The number of nitrogens with one attached hydrogen (secondary N) is 1. The minimum Gasteiger partial charge on any atom is -0.452 e. The Labute approximate surface area is 113 Å². The van der Waals surface area contributed by atoms with E-state index in [1.165, 1.54) is 4.88 Å². The van der Waals surface area contributed by atoms with Crippen LogP contribution in [0.4, 0.5) is 4.79 Å². The Balaban J connectivity index is 1.95. The van der Waals surface area contributed by atoms with Crippen molar-refractivity contribution in [2.75, 3.05) is 6.61 Å². The summed E-state index contributed by atoms with van der Waals surface area (Å²) in [5.41, 5.74) is 6.35. The number of fused-ring (bicyclic) bond motifs is 1. The number of urea groups is 1. The molecule has 0 bridgehead atoms. The molecule has 102 valence electrons. The minimum atomic E-state index is -0.964. The van der Waals surface area contributed by atoms with Gasteiger partial charge in [-0.2, -0.15) is 0 Å². The maximum absolute atomic E-state index is 11.9. The van der Waals surface area contributed by atoms with Gasteiger partial charge >= 0.3 is 12.0 Å². The second-order valence-electron chi connectivity index (χ2n) is 4.25. The van der Waals surface area contributed by atoms with E-state index in [4.69, 9.17) is 10.5 Å². The molecule has 0 fully saturated rings. The molecule has 1 aromatic rings. The highest BCUT2D eigenvalue weighted by atomic mass is 32.1. The van der Waals surface area contributed by atoms with Gasteiger partial charge in [-0.3, -0.25) is 10.1 Å². The highest BCUT2D eigenvalue weighted by molar-refractivity contribution is 7.10. The van der Waals surface area contributed by atoms with Gasteiger partial charge in [-0.1, -0.05) is 0 Å². The van der Waals surface area contributed by atoms with Crippen molar-refractivity contribution in [1.29, 1.82) is 0 Å². The number of imide groups is 1. The molecule has 0 saturated carbocycles. The molecule has 1 aliphatic rings. The van der Waals surface area contributed by atoms with Crippen LogP contribution in [-0.4, -0.2) is 24.5 Å². The van der Waals surface area contributed by atoms with Crippen LogP contribution in [-0.2, 0) is 22.4 Å². The first-order valence-electron chi connectivity index (χ1n) is 5.93. The van der Waals surface area contributed by atoms with Crippen LogP contribution < -0.4 is 11.1 Å². The van der Waals surface area contributed by atoms with Crippen LogP contribution in [0.3, 0.4) is 0 Å². The summed E-state index contributed by atoms with van der Waals surface area (Å²) in [5.74, 6) is -1.26. The average Bonchev–Trinajstić information content (AvgIpc) is 2.79. The fraction of sp³-hybridized carbons (Fsp3) is 0.417. The first kappa shape index (κ1) is 13.5. The molecule has 0 aromatic carbocycles. The van der Waals surface area contributed by atoms with Crippen molar-refractivity contribution in [2.24, 2.45) is 5.73 Å². The highest BCUT2D eigenvalue weighted by Crippen LogP contribution is 2.30. The molecule has 1 heterocycles. The molecule has 1 aliphatic carbocycles. The third-order valence-corrected chi connectivity index (χ3v) is 3.97. The first-order chi connectivity index (χ1) is 9.08. The molecule has 0 aliphatic heterocycles.